The van der Waals surface area contributed by atoms with Gasteiger partial charge in [0, 0.05) is 17.7 Å². The number of amides is 1. The lowest BCUT2D eigenvalue weighted by molar-refractivity contribution is 0.0120. The van der Waals surface area contributed by atoms with Gasteiger partial charge < -0.3 is 19.1 Å². The average Bonchev–Trinajstić information content (AvgIpc) is 3.48. The zero-order valence-electron chi connectivity index (χ0n) is 22.7. The van der Waals surface area contributed by atoms with Gasteiger partial charge in [0.25, 0.3) is 5.89 Å². The van der Waals surface area contributed by atoms with Gasteiger partial charge in [-0.3, -0.25) is 4.90 Å². The first kappa shape index (κ1) is 24.8. The third-order valence-corrected chi connectivity index (χ3v) is 5.91. The predicted octanol–water partition coefficient (Wildman–Crippen LogP) is 5.28. The number of nitrogens with zero attached hydrogens (tertiary/aromatic N) is 4. The maximum absolute atomic E-state index is 12.9. The maximum Gasteiger partial charge on any atom is 0.410 e. The van der Waals surface area contributed by atoms with Crippen molar-refractivity contribution in [3.63, 3.8) is 0 Å². The number of aromatic nitrogens is 2. The van der Waals surface area contributed by atoms with Crippen LogP contribution < -0.4 is 4.74 Å². The van der Waals surface area contributed by atoms with Crippen molar-refractivity contribution in [1.29, 1.82) is 5.26 Å². The summed E-state index contributed by atoms with van der Waals surface area (Å²) in [6, 6.07) is 12.5. The molecule has 1 aromatic heterocycles. The highest BCUT2D eigenvalue weighted by atomic mass is 16.6. The molecule has 0 fully saturated rings. The largest absolute Gasteiger partial charge is 0.490 e. The van der Waals surface area contributed by atoms with E-state index in [0.29, 0.717) is 30.0 Å². The lowest BCUT2D eigenvalue weighted by Crippen LogP contribution is -2.40. The number of aliphatic hydroxyl groups excluding tert-OH is 1. The Bertz CT molecular complexity index is 1370. The van der Waals surface area contributed by atoms with Crippen molar-refractivity contribution in [3.8, 4) is 34.7 Å². The Morgan fingerprint density at radius 2 is 2.14 bits per heavy atom. The molecule has 3 aromatic rings. The first-order chi connectivity index (χ1) is 17.9. The van der Waals surface area contributed by atoms with Gasteiger partial charge in [-0.1, -0.05) is 23.4 Å². The fourth-order valence-corrected chi connectivity index (χ4v) is 4.48. The highest BCUT2D eigenvalue weighted by Crippen LogP contribution is 2.41. The van der Waals surface area contributed by atoms with E-state index in [1.54, 1.807) is 36.9 Å². The summed E-state index contributed by atoms with van der Waals surface area (Å²) in [6.07, 6.45) is -0.285. The standard InChI is InChI=1S/C28H32N4O5/c1-17(2)35-24-12-9-18(15-19(24)16-29)26-30-25(31-37-26)22-8-6-7-21-20(22)10-11-23(21)32(13-14-33)27(34)36-28(3,4)5/h6-9,12,15,17,23,33H,10-11,13-14H2,1-5H3/t23-/m0/s1/i17D. The van der Waals surface area contributed by atoms with Crippen LogP contribution >= 0.6 is 0 Å². The Morgan fingerprint density at radius 1 is 1.35 bits per heavy atom. The van der Waals surface area contributed by atoms with Gasteiger partial charge in [0.2, 0.25) is 5.82 Å². The summed E-state index contributed by atoms with van der Waals surface area (Å²) < 4.78 is 24.6. The fraction of sp³-hybridized carbons (Fsp3) is 0.429. The van der Waals surface area contributed by atoms with Crippen LogP contribution in [0.3, 0.4) is 0 Å². The van der Waals surface area contributed by atoms with E-state index in [1.807, 2.05) is 39.0 Å². The zero-order chi connectivity index (χ0) is 27.7. The fourth-order valence-electron chi connectivity index (χ4n) is 4.48. The molecule has 0 spiro atoms. The minimum atomic E-state index is -1.19. The van der Waals surface area contributed by atoms with Crippen LogP contribution in [0.15, 0.2) is 40.9 Å². The molecule has 0 aliphatic heterocycles. The summed E-state index contributed by atoms with van der Waals surface area (Å²) in [5, 5.41) is 23.4. The van der Waals surface area contributed by atoms with Crippen molar-refractivity contribution in [2.75, 3.05) is 13.2 Å². The summed E-state index contributed by atoms with van der Waals surface area (Å²) in [5.41, 5.74) is 2.93. The van der Waals surface area contributed by atoms with Gasteiger partial charge in [-0.2, -0.15) is 10.2 Å². The molecule has 1 amide bonds. The van der Waals surface area contributed by atoms with Gasteiger partial charge in [-0.25, -0.2) is 4.79 Å². The van der Waals surface area contributed by atoms with E-state index in [2.05, 4.69) is 16.2 Å². The maximum atomic E-state index is 12.9. The number of fused-ring (bicyclic) bond motifs is 1. The second-order valence-electron chi connectivity index (χ2n) is 10.1. The molecule has 9 heteroatoms. The lowest BCUT2D eigenvalue weighted by Gasteiger charge is -2.31. The van der Waals surface area contributed by atoms with Gasteiger partial charge in [-0.05, 0) is 76.8 Å². The molecule has 0 radical (unpaired) electrons. The van der Waals surface area contributed by atoms with E-state index in [9.17, 15) is 15.2 Å². The number of hydrogen-bond acceptors (Lipinski definition) is 8. The van der Waals surface area contributed by atoms with Crippen LogP contribution in [-0.4, -0.2) is 51.1 Å². The van der Waals surface area contributed by atoms with E-state index in [0.717, 1.165) is 16.7 Å². The molecule has 1 N–H and O–H groups in total. The average molecular weight is 506 g/mol. The van der Waals surface area contributed by atoms with Crippen LogP contribution in [0.2, 0.25) is 0 Å². The molecule has 4 rings (SSSR count). The van der Waals surface area contributed by atoms with Crippen molar-refractivity contribution < 1.29 is 25.3 Å². The molecular weight excluding hydrogens is 472 g/mol. The topological polar surface area (TPSA) is 122 Å². The Kier molecular flexibility index (Phi) is 7.10. The van der Waals surface area contributed by atoms with Gasteiger partial charge in [0.05, 0.1) is 25.7 Å². The SMILES string of the molecule is [2H]C(C)(C)Oc1ccc(-c2nc(-c3cccc4c3CC[C@@H]4N(CCO)C(=O)OC(C)(C)C)no2)cc1C#N. The molecule has 9 nitrogen and oxygen atoms in total. The molecule has 1 aliphatic rings. The molecule has 0 saturated carbocycles. The molecule has 0 bridgehead atoms. The van der Waals surface area contributed by atoms with Gasteiger partial charge in [-0.15, -0.1) is 0 Å². The van der Waals surface area contributed by atoms with Crippen LogP contribution in [0.4, 0.5) is 4.79 Å². The highest BCUT2D eigenvalue weighted by Gasteiger charge is 2.35. The molecular formula is C28H32N4O5. The molecule has 1 atom stereocenters. The Hall–Kier alpha value is -3.90. The predicted molar refractivity (Wildman–Crippen MR) is 137 cm³/mol. The Morgan fingerprint density at radius 3 is 2.81 bits per heavy atom. The van der Waals surface area contributed by atoms with E-state index in [-0.39, 0.29) is 30.6 Å². The van der Waals surface area contributed by atoms with Crippen molar-refractivity contribution in [2.24, 2.45) is 0 Å². The van der Waals surface area contributed by atoms with Gasteiger partial charge in [0.15, 0.2) is 0 Å². The van der Waals surface area contributed by atoms with Crippen LogP contribution in [0.25, 0.3) is 22.8 Å². The summed E-state index contributed by atoms with van der Waals surface area (Å²) in [4.78, 5) is 19.1. The molecule has 0 unspecified atom stereocenters. The normalized spacial score (nSPS) is 15.5. The molecule has 37 heavy (non-hydrogen) atoms. The van der Waals surface area contributed by atoms with E-state index >= 15 is 0 Å². The Labute approximate surface area is 218 Å². The zero-order valence-corrected chi connectivity index (χ0v) is 21.7. The molecule has 194 valence electrons. The monoisotopic (exact) mass is 505 g/mol. The number of carbonyl (C=O) groups is 1. The number of rotatable bonds is 7. The quantitative estimate of drug-likeness (QED) is 0.460. The Balaban J connectivity index is 1.63. The van der Waals surface area contributed by atoms with Crippen LogP contribution in [-0.2, 0) is 11.2 Å². The van der Waals surface area contributed by atoms with Crippen molar-refractivity contribution in [2.45, 2.75) is 65.2 Å². The number of carbonyl (C=O) groups excluding carboxylic acids is 1. The number of hydrogen-bond donors (Lipinski definition) is 1. The minimum Gasteiger partial charge on any atom is -0.490 e. The first-order valence-corrected chi connectivity index (χ1v) is 12.2. The molecule has 0 saturated heterocycles. The van der Waals surface area contributed by atoms with Crippen LogP contribution in [0, 0.1) is 11.3 Å². The van der Waals surface area contributed by atoms with E-state index in [1.165, 1.54) is 0 Å². The van der Waals surface area contributed by atoms with Crippen LogP contribution in [0.5, 0.6) is 5.75 Å². The highest BCUT2D eigenvalue weighted by molar-refractivity contribution is 5.71. The summed E-state index contributed by atoms with van der Waals surface area (Å²) >= 11 is 0. The summed E-state index contributed by atoms with van der Waals surface area (Å²) in [6.45, 7) is 8.60. The number of ether oxygens (including phenoxy) is 2. The molecule has 1 aliphatic carbocycles. The number of nitriles is 1. The second-order valence-corrected chi connectivity index (χ2v) is 10.1. The van der Waals surface area contributed by atoms with E-state index in [4.69, 9.17) is 15.4 Å². The van der Waals surface area contributed by atoms with Crippen LogP contribution in [0.1, 0.15) is 65.1 Å². The second kappa shape index (κ2) is 10.6. The van der Waals surface area contributed by atoms with Crippen molar-refractivity contribution in [1.82, 2.24) is 15.0 Å². The van der Waals surface area contributed by atoms with Crippen molar-refractivity contribution in [3.05, 3.63) is 53.1 Å². The summed E-state index contributed by atoms with van der Waals surface area (Å²) in [7, 11) is 0. The van der Waals surface area contributed by atoms with E-state index < -0.39 is 17.8 Å². The van der Waals surface area contributed by atoms with Crippen molar-refractivity contribution >= 4 is 6.09 Å². The third-order valence-electron chi connectivity index (χ3n) is 5.91. The minimum absolute atomic E-state index is 0.161. The number of aliphatic hydroxyl groups is 1. The third kappa shape index (κ3) is 5.75. The summed E-state index contributed by atoms with van der Waals surface area (Å²) in [5.74, 6) is 0.950. The number of benzene rings is 2. The van der Waals surface area contributed by atoms with Gasteiger partial charge >= 0.3 is 6.09 Å². The lowest BCUT2D eigenvalue weighted by atomic mass is 10.0. The first-order valence-electron chi connectivity index (χ1n) is 12.7. The molecule has 1 heterocycles. The smallest absolute Gasteiger partial charge is 0.410 e. The molecule has 2 aromatic carbocycles. The van der Waals surface area contributed by atoms with Gasteiger partial charge in [0.1, 0.15) is 17.4 Å².